The van der Waals surface area contributed by atoms with Crippen molar-refractivity contribution in [3.8, 4) is 5.75 Å². The Balaban J connectivity index is 2.27. The SMILES string of the molecule is CCN(CC)C(=O)CN1C(=O)NC(C)(c2ccc(OC)c(C)c2)C1=O. The lowest BCUT2D eigenvalue weighted by Gasteiger charge is -2.24. The van der Waals surface area contributed by atoms with Crippen molar-refractivity contribution < 1.29 is 19.1 Å². The second-order valence-electron chi connectivity index (χ2n) is 6.20. The molecular weight excluding hydrogens is 322 g/mol. The van der Waals surface area contributed by atoms with Gasteiger partial charge in [0.25, 0.3) is 5.91 Å². The van der Waals surface area contributed by atoms with Gasteiger partial charge in [-0.15, -0.1) is 0 Å². The molecule has 4 amide bonds. The maximum Gasteiger partial charge on any atom is 0.325 e. The average Bonchev–Trinajstić information content (AvgIpc) is 2.80. The predicted octanol–water partition coefficient (Wildman–Crippen LogP) is 1.64. The highest BCUT2D eigenvalue weighted by Gasteiger charge is 2.49. The van der Waals surface area contributed by atoms with E-state index >= 15 is 0 Å². The molecule has 1 aliphatic rings. The van der Waals surface area contributed by atoms with Crippen molar-refractivity contribution in [3.63, 3.8) is 0 Å². The minimum Gasteiger partial charge on any atom is -0.496 e. The first-order valence-electron chi connectivity index (χ1n) is 8.35. The molecule has 1 N–H and O–H groups in total. The molecule has 1 unspecified atom stereocenters. The van der Waals surface area contributed by atoms with Crippen LogP contribution in [0.5, 0.6) is 5.75 Å². The Morgan fingerprint density at radius 1 is 1.28 bits per heavy atom. The normalized spacial score (nSPS) is 19.8. The van der Waals surface area contributed by atoms with Crippen molar-refractivity contribution >= 4 is 17.8 Å². The summed E-state index contributed by atoms with van der Waals surface area (Å²) in [5.41, 5.74) is 0.320. The van der Waals surface area contributed by atoms with Gasteiger partial charge in [-0.05, 0) is 51.0 Å². The highest BCUT2D eigenvalue weighted by atomic mass is 16.5. The van der Waals surface area contributed by atoms with Gasteiger partial charge in [0.05, 0.1) is 7.11 Å². The smallest absolute Gasteiger partial charge is 0.325 e. The zero-order valence-electron chi connectivity index (χ0n) is 15.4. The van der Waals surface area contributed by atoms with Crippen molar-refractivity contribution in [2.45, 2.75) is 33.2 Å². The van der Waals surface area contributed by atoms with Crippen LogP contribution in [-0.4, -0.2) is 54.4 Å². The van der Waals surface area contributed by atoms with Gasteiger partial charge in [-0.25, -0.2) is 4.79 Å². The lowest BCUT2D eigenvalue weighted by Crippen LogP contribution is -2.44. The molecule has 1 saturated heterocycles. The minimum atomic E-state index is -1.20. The van der Waals surface area contributed by atoms with Crippen molar-refractivity contribution in [1.82, 2.24) is 15.1 Å². The van der Waals surface area contributed by atoms with Crippen LogP contribution in [0.4, 0.5) is 4.79 Å². The lowest BCUT2D eigenvalue weighted by molar-refractivity contribution is -0.138. The first kappa shape index (κ1) is 18.8. The molecule has 0 saturated carbocycles. The van der Waals surface area contributed by atoms with Crippen molar-refractivity contribution in [2.75, 3.05) is 26.7 Å². The number of nitrogens with zero attached hydrogens (tertiary/aromatic N) is 2. The van der Waals surface area contributed by atoms with Crippen LogP contribution in [0.3, 0.4) is 0 Å². The molecule has 2 rings (SSSR count). The molecule has 0 aliphatic carbocycles. The number of carbonyl (C=O) groups excluding carboxylic acids is 3. The number of nitrogens with one attached hydrogen (secondary N) is 1. The molecule has 1 aromatic rings. The summed E-state index contributed by atoms with van der Waals surface area (Å²) in [4.78, 5) is 40.0. The Hall–Kier alpha value is -2.57. The molecule has 1 atom stereocenters. The fraction of sp³-hybridized carbons (Fsp3) is 0.500. The Bertz CT molecular complexity index is 700. The Morgan fingerprint density at radius 3 is 2.44 bits per heavy atom. The Kier molecular flexibility index (Phi) is 5.35. The van der Waals surface area contributed by atoms with Crippen molar-refractivity contribution in [2.24, 2.45) is 0 Å². The van der Waals surface area contributed by atoms with E-state index in [0.29, 0.717) is 24.4 Å². The molecule has 1 heterocycles. The van der Waals surface area contributed by atoms with E-state index in [2.05, 4.69) is 5.32 Å². The molecule has 7 nitrogen and oxygen atoms in total. The zero-order chi connectivity index (χ0) is 18.8. The highest BCUT2D eigenvalue weighted by Crippen LogP contribution is 2.31. The number of hydrogen-bond acceptors (Lipinski definition) is 4. The number of aryl methyl sites for hydroxylation is 1. The van der Waals surface area contributed by atoms with E-state index in [1.54, 1.807) is 31.1 Å². The number of methoxy groups -OCH3 is 1. The largest absolute Gasteiger partial charge is 0.496 e. The Labute approximate surface area is 147 Å². The van der Waals surface area contributed by atoms with Gasteiger partial charge in [0, 0.05) is 13.1 Å². The summed E-state index contributed by atoms with van der Waals surface area (Å²) in [6.45, 7) is 8.05. The second kappa shape index (κ2) is 7.13. The van der Waals surface area contributed by atoms with Crippen LogP contribution >= 0.6 is 0 Å². The maximum atomic E-state index is 12.9. The molecule has 7 heteroatoms. The first-order valence-corrected chi connectivity index (χ1v) is 8.35. The third kappa shape index (κ3) is 3.31. The van der Waals surface area contributed by atoms with Crippen molar-refractivity contribution in [1.29, 1.82) is 0 Å². The van der Waals surface area contributed by atoms with Gasteiger partial charge in [0.15, 0.2) is 0 Å². The maximum absolute atomic E-state index is 12.9. The van der Waals surface area contributed by atoms with E-state index in [4.69, 9.17) is 4.74 Å². The summed E-state index contributed by atoms with van der Waals surface area (Å²) in [6, 6.07) is 4.77. The lowest BCUT2D eigenvalue weighted by atomic mass is 9.90. The topological polar surface area (TPSA) is 79.0 Å². The Morgan fingerprint density at radius 2 is 1.92 bits per heavy atom. The number of imide groups is 1. The molecule has 0 spiro atoms. The van der Waals surface area contributed by atoms with Gasteiger partial charge in [0.2, 0.25) is 5.91 Å². The quantitative estimate of drug-likeness (QED) is 0.794. The van der Waals surface area contributed by atoms with E-state index in [1.807, 2.05) is 26.8 Å². The summed E-state index contributed by atoms with van der Waals surface area (Å²) in [5.74, 6) is 0.0314. The second-order valence-corrected chi connectivity index (χ2v) is 6.20. The van der Waals surface area contributed by atoms with Gasteiger partial charge >= 0.3 is 6.03 Å². The van der Waals surface area contributed by atoms with Gasteiger partial charge in [-0.3, -0.25) is 14.5 Å². The molecule has 25 heavy (non-hydrogen) atoms. The molecule has 0 bridgehead atoms. The van der Waals surface area contributed by atoms with Crippen LogP contribution in [0.15, 0.2) is 18.2 Å². The molecule has 136 valence electrons. The fourth-order valence-corrected chi connectivity index (χ4v) is 3.04. The number of urea groups is 1. The first-order chi connectivity index (χ1) is 11.8. The van der Waals surface area contributed by atoms with Crippen molar-refractivity contribution in [3.05, 3.63) is 29.3 Å². The number of benzene rings is 1. The minimum absolute atomic E-state index is 0.247. The number of hydrogen-bond donors (Lipinski definition) is 1. The third-order valence-corrected chi connectivity index (χ3v) is 4.66. The van der Waals surface area contributed by atoms with Gasteiger partial charge in [-0.2, -0.15) is 0 Å². The van der Waals surface area contributed by atoms with Crippen LogP contribution in [0.1, 0.15) is 31.9 Å². The van der Waals surface area contributed by atoms with E-state index < -0.39 is 17.5 Å². The summed E-state index contributed by atoms with van der Waals surface area (Å²) in [7, 11) is 1.58. The fourth-order valence-electron chi connectivity index (χ4n) is 3.04. The van der Waals surface area contributed by atoms with Crippen LogP contribution < -0.4 is 10.1 Å². The summed E-state index contributed by atoms with van der Waals surface area (Å²) >= 11 is 0. The zero-order valence-corrected chi connectivity index (χ0v) is 15.4. The molecule has 1 aliphatic heterocycles. The molecular formula is C18H25N3O4. The van der Waals surface area contributed by atoms with Gasteiger partial charge < -0.3 is 15.0 Å². The molecule has 0 radical (unpaired) electrons. The average molecular weight is 347 g/mol. The van der Waals surface area contributed by atoms with E-state index in [9.17, 15) is 14.4 Å². The summed E-state index contributed by atoms with van der Waals surface area (Å²) in [6.07, 6.45) is 0. The van der Waals surface area contributed by atoms with Gasteiger partial charge in [0.1, 0.15) is 17.8 Å². The standard InChI is InChI=1S/C18H25N3O4/c1-6-20(7-2)15(22)11-21-16(23)18(4,19-17(21)24)13-8-9-14(25-5)12(3)10-13/h8-10H,6-7,11H2,1-5H3,(H,19,24). The van der Waals surface area contributed by atoms with Crippen LogP contribution in [0, 0.1) is 6.92 Å². The van der Waals surface area contributed by atoms with Gasteiger partial charge in [-0.1, -0.05) is 6.07 Å². The number of amides is 4. The third-order valence-electron chi connectivity index (χ3n) is 4.66. The van der Waals surface area contributed by atoms with Crippen LogP contribution in [-0.2, 0) is 15.1 Å². The highest BCUT2D eigenvalue weighted by molar-refractivity contribution is 6.09. The molecule has 0 aromatic heterocycles. The summed E-state index contributed by atoms with van der Waals surface area (Å²) < 4.78 is 5.24. The number of carbonyl (C=O) groups is 3. The predicted molar refractivity (Wildman–Crippen MR) is 93.3 cm³/mol. The number of ether oxygens (including phenoxy) is 1. The van der Waals surface area contributed by atoms with Crippen LogP contribution in [0.2, 0.25) is 0 Å². The van der Waals surface area contributed by atoms with E-state index in [0.717, 1.165) is 10.5 Å². The molecule has 1 fully saturated rings. The summed E-state index contributed by atoms with van der Waals surface area (Å²) in [5, 5.41) is 2.72. The van der Waals surface area contributed by atoms with E-state index in [1.165, 1.54) is 0 Å². The molecule has 1 aromatic carbocycles. The monoisotopic (exact) mass is 347 g/mol. The van der Waals surface area contributed by atoms with Crippen LogP contribution in [0.25, 0.3) is 0 Å². The number of rotatable bonds is 6. The van der Waals surface area contributed by atoms with E-state index in [-0.39, 0.29) is 12.5 Å². The number of likely N-dealkylation sites (N-methyl/N-ethyl adjacent to an activating group) is 1.